The number of hydrogen-bond acceptors (Lipinski definition) is 4. The van der Waals surface area contributed by atoms with Gasteiger partial charge in [-0.3, -0.25) is 9.59 Å². The molecule has 1 aliphatic rings. The second-order valence-electron chi connectivity index (χ2n) is 4.46. The summed E-state index contributed by atoms with van der Waals surface area (Å²) in [6, 6.07) is 0. The fourth-order valence-electron chi connectivity index (χ4n) is 1.88. The summed E-state index contributed by atoms with van der Waals surface area (Å²) < 4.78 is 1.45. The Morgan fingerprint density at radius 1 is 1.59 bits per heavy atom. The number of rotatable bonds is 2. The van der Waals surface area contributed by atoms with Gasteiger partial charge in [-0.15, -0.1) is 5.10 Å². The first-order chi connectivity index (χ1) is 8.01. The zero-order valence-corrected chi connectivity index (χ0v) is 9.88. The molecule has 1 aromatic heterocycles. The Kier molecular flexibility index (Phi) is 2.83. The van der Waals surface area contributed by atoms with Crippen LogP contribution in [0.5, 0.6) is 0 Å². The molecule has 0 aromatic carbocycles. The minimum atomic E-state index is -0.810. The lowest BCUT2D eigenvalue weighted by Gasteiger charge is -2.41. The highest BCUT2D eigenvalue weighted by molar-refractivity contribution is 5.91. The molecule has 1 fully saturated rings. The maximum absolute atomic E-state index is 12.1. The number of carbonyl (C=O) groups excluding carboxylic acids is 2. The Morgan fingerprint density at radius 3 is 3.00 bits per heavy atom. The topological polar surface area (TPSA) is 80.1 Å². The fraction of sp³-hybridized carbons (Fsp3) is 0.600. The lowest BCUT2D eigenvalue weighted by atomic mass is 9.99. The van der Waals surface area contributed by atoms with Crippen molar-refractivity contribution < 1.29 is 9.59 Å². The molecule has 1 saturated heterocycles. The molecule has 1 aromatic rings. The van der Waals surface area contributed by atoms with Crippen molar-refractivity contribution in [2.45, 2.75) is 25.9 Å². The van der Waals surface area contributed by atoms with Gasteiger partial charge in [-0.25, -0.2) is 4.68 Å². The van der Waals surface area contributed by atoms with Gasteiger partial charge in [0.05, 0.1) is 6.20 Å². The predicted octanol–water partition coefficient (Wildman–Crippen LogP) is -0.985. The minimum Gasteiger partial charge on any atom is -0.352 e. The van der Waals surface area contributed by atoms with Crippen LogP contribution in [0.1, 0.15) is 13.8 Å². The third kappa shape index (κ3) is 2.13. The van der Waals surface area contributed by atoms with Crippen molar-refractivity contribution in [3.63, 3.8) is 0 Å². The van der Waals surface area contributed by atoms with Crippen LogP contribution >= 0.6 is 0 Å². The van der Waals surface area contributed by atoms with E-state index >= 15 is 0 Å². The Labute approximate surface area is 98.8 Å². The van der Waals surface area contributed by atoms with Crippen molar-refractivity contribution >= 4 is 11.8 Å². The third-order valence-electron chi connectivity index (χ3n) is 2.92. The van der Waals surface area contributed by atoms with Gasteiger partial charge in [0, 0.05) is 19.3 Å². The highest BCUT2D eigenvalue weighted by Crippen LogP contribution is 2.17. The molecule has 2 amide bonds. The lowest BCUT2D eigenvalue weighted by Crippen LogP contribution is -2.63. The Balaban J connectivity index is 2.10. The summed E-state index contributed by atoms with van der Waals surface area (Å²) >= 11 is 0. The van der Waals surface area contributed by atoms with Gasteiger partial charge in [0.15, 0.2) is 0 Å². The van der Waals surface area contributed by atoms with E-state index in [4.69, 9.17) is 0 Å². The molecular weight excluding hydrogens is 222 g/mol. The van der Waals surface area contributed by atoms with E-state index in [1.807, 2.05) is 0 Å². The molecule has 2 heterocycles. The van der Waals surface area contributed by atoms with Crippen molar-refractivity contribution in [1.82, 2.24) is 25.2 Å². The summed E-state index contributed by atoms with van der Waals surface area (Å²) in [4.78, 5) is 25.4. The summed E-state index contributed by atoms with van der Waals surface area (Å²) in [6.45, 7) is 4.59. The van der Waals surface area contributed by atoms with Crippen molar-refractivity contribution in [2.75, 3.05) is 13.1 Å². The van der Waals surface area contributed by atoms with E-state index < -0.39 is 5.54 Å². The summed E-state index contributed by atoms with van der Waals surface area (Å²) in [5, 5.41) is 10.1. The van der Waals surface area contributed by atoms with Gasteiger partial charge in [0.1, 0.15) is 12.1 Å². The number of nitrogens with zero attached hydrogens (tertiary/aromatic N) is 4. The number of carbonyl (C=O) groups is 2. The Morgan fingerprint density at radius 2 is 2.35 bits per heavy atom. The van der Waals surface area contributed by atoms with E-state index in [0.29, 0.717) is 13.1 Å². The molecular formula is C10H15N5O2. The number of nitrogens with one attached hydrogen (secondary N) is 1. The van der Waals surface area contributed by atoms with Crippen molar-refractivity contribution in [1.29, 1.82) is 0 Å². The van der Waals surface area contributed by atoms with E-state index in [9.17, 15) is 9.59 Å². The van der Waals surface area contributed by atoms with E-state index in [1.54, 1.807) is 24.9 Å². The van der Waals surface area contributed by atoms with E-state index in [-0.39, 0.29) is 18.4 Å². The van der Waals surface area contributed by atoms with Crippen LogP contribution in [0.2, 0.25) is 0 Å². The van der Waals surface area contributed by atoms with Crippen LogP contribution in [0.4, 0.5) is 0 Å². The molecule has 1 N–H and O–H groups in total. The lowest BCUT2D eigenvalue weighted by molar-refractivity contribution is -0.149. The first-order valence-electron chi connectivity index (χ1n) is 5.44. The second kappa shape index (κ2) is 4.15. The van der Waals surface area contributed by atoms with Gasteiger partial charge in [-0.05, 0) is 13.8 Å². The smallest absolute Gasteiger partial charge is 0.245 e. The molecule has 92 valence electrons. The summed E-state index contributed by atoms with van der Waals surface area (Å²) in [5.74, 6) is -0.258. The molecule has 0 saturated carbocycles. The monoisotopic (exact) mass is 237 g/mol. The van der Waals surface area contributed by atoms with Crippen LogP contribution < -0.4 is 5.32 Å². The molecule has 0 atom stereocenters. The van der Waals surface area contributed by atoms with Gasteiger partial charge < -0.3 is 10.2 Å². The van der Waals surface area contributed by atoms with Crippen LogP contribution in [0.15, 0.2) is 12.4 Å². The normalized spacial score (nSPS) is 18.9. The summed E-state index contributed by atoms with van der Waals surface area (Å²) in [7, 11) is 0. The van der Waals surface area contributed by atoms with Crippen molar-refractivity contribution in [2.24, 2.45) is 0 Å². The van der Waals surface area contributed by atoms with Crippen molar-refractivity contribution in [3.05, 3.63) is 12.4 Å². The molecule has 0 unspecified atom stereocenters. The van der Waals surface area contributed by atoms with E-state index in [2.05, 4.69) is 15.6 Å². The average molecular weight is 237 g/mol. The first kappa shape index (κ1) is 11.6. The number of aromatic nitrogens is 3. The van der Waals surface area contributed by atoms with Crippen LogP contribution in [-0.4, -0.2) is 50.3 Å². The SMILES string of the molecule is CC1(C)C(=O)NCCN1C(=O)Cn1ccnn1. The van der Waals surface area contributed by atoms with Gasteiger partial charge in [-0.2, -0.15) is 0 Å². The Hall–Kier alpha value is -1.92. The highest BCUT2D eigenvalue weighted by Gasteiger charge is 2.40. The molecule has 7 heteroatoms. The molecule has 0 bridgehead atoms. The zero-order chi connectivity index (χ0) is 12.5. The quantitative estimate of drug-likeness (QED) is 0.716. The zero-order valence-electron chi connectivity index (χ0n) is 9.88. The van der Waals surface area contributed by atoms with Gasteiger partial charge in [-0.1, -0.05) is 5.21 Å². The first-order valence-corrected chi connectivity index (χ1v) is 5.44. The minimum absolute atomic E-state index is 0.108. The average Bonchev–Trinajstić information content (AvgIpc) is 2.74. The molecule has 2 rings (SSSR count). The van der Waals surface area contributed by atoms with E-state index in [0.717, 1.165) is 0 Å². The molecule has 0 radical (unpaired) electrons. The summed E-state index contributed by atoms with van der Waals surface area (Å²) in [5.41, 5.74) is -0.810. The van der Waals surface area contributed by atoms with Crippen LogP contribution in [-0.2, 0) is 16.1 Å². The number of hydrogen-bond donors (Lipinski definition) is 1. The molecule has 1 aliphatic heterocycles. The van der Waals surface area contributed by atoms with Crippen molar-refractivity contribution in [3.8, 4) is 0 Å². The molecule has 7 nitrogen and oxygen atoms in total. The van der Waals surface area contributed by atoms with Crippen LogP contribution in [0, 0.1) is 0 Å². The van der Waals surface area contributed by atoms with Gasteiger partial charge in [0.25, 0.3) is 0 Å². The van der Waals surface area contributed by atoms with Crippen LogP contribution in [0.3, 0.4) is 0 Å². The van der Waals surface area contributed by atoms with Gasteiger partial charge in [0.2, 0.25) is 11.8 Å². The molecule has 0 spiro atoms. The number of amides is 2. The predicted molar refractivity (Wildman–Crippen MR) is 58.8 cm³/mol. The highest BCUT2D eigenvalue weighted by atomic mass is 16.2. The summed E-state index contributed by atoms with van der Waals surface area (Å²) in [6.07, 6.45) is 3.14. The van der Waals surface area contributed by atoms with Crippen LogP contribution in [0.25, 0.3) is 0 Å². The maximum Gasteiger partial charge on any atom is 0.245 e. The largest absolute Gasteiger partial charge is 0.352 e. The molecule has 0 aliphatic carbocycles. The van der Waals surface area contributed by atoms with E-state index in [1.165, 1.54) is 10.9 Å². The molecule has 17 heavy (non-hydrogen) atoms. The number of piperazine rings is 1. The standard InChI is InChI=1S/C10H15N5O2/c1-10(2)9(17)11-3-6-15(10)8(16)7-14-5-4-12-13-14/h4-5H,3,6-7H2,1-2H3,(H,11,17). The second-order valence-corrected chi connectivity index (χ2v) is 4.46. The van der Waals surface area contributed by atoms with Gasteiger partial charge >= 0.3 is 0 Å². The fourth-order valence-corrected chi connectivity index (χ4v) is 1.88. The third-order valence-corrected chi connectivity index (χ3v) is 2.92. The maximum atomic E-state index is 12.1. The Bertz CT molecular complexity index is 426.